The Balaban J connectivity index is 3.28. The number of benzene rings is 1. The fourth-order valence-corrected chi connectivity index (χ4v) is 1.55. The predicted octanol–water partition coefficient (Wildman–Crippen LogP) is 2.90. The van der Waals surface area contributed by atoms with Crippen molar-refractivity contribution in [2.75, 3.05) is 7.11 Å². The van der Waals surface area contributed by atoms with Crippen molar-refractivity contribution in [2.24, 2.45) is 5.73 Å². The van der Waals surface area contributed by atoms with Gasteiger partial charge in [0.2, 0.25) is 0 Å². The van der Waals surface area contributed by atoms with Crippen molar-refractivity contribution in [3.63, 3.8) is 0 Å². The highest BCUT2D eigenvalue weighted by Gasteiger charge is 2.39. The molecule has 5 heteroatoms. The molecule has 0 bridgehead atoms. The van der Waals surface area contributed by atoms with Gasteiger partial charge in [0, 0.05) is 4.47 Å². The lowest BCUT2D eigenvalue weighted by Gasteiger charge is -2.22. The Morgan fingerprint density at radius 1 is 1.47 bits per heavy atom. The molecule has 15 heavy (non-hydrogen) atoms. The molecule has 0 saturated carbocycles. The summed E-state index contributed by atoms with van der Waals surface area (Å²) < 4.78 is 32.8. The van der Waals surface area contributed by atoms with E-state index in [0.29, 0.717) is 4.47 Å². The summed E-state index contributed by atoms with van der Waals surface area (Å²) in [5, 5.41) is 0. The van der Waals surface area contributed by atoms with Crippen LogP contribution in [0.1, 0.15) is 12.5 Å². The van der Waals surface area contributed by atoms with Gasteiger partial charge in [-0.15, -0.1) is 0 Å². The molecule has 0 heterocycles. The van der Waals surface area contributed by atoms with E-state index >= 15 is 0 Å². The Morgan fingerprint density at radius 3 is 2.53 bits per heavy atom. The predicted molar refractivity (Wildman–Crippen MR) is 58.2 cm³/mol. The number of nitrogens with two attached hydrogens (primary N) is 1. The van der Waals surface area contributed by atoms with Gasteiger partial charge in [0.05, 0.1) is 18.7 Å². The molecule has 0 radical (unpaired) electrons. The van der Waals surface area contributed by atoms with Crippen LogP contribution in [0.2, 0.25) is 0 Å². The lowest BCUT2D eigenvalue weighted by atomic mass is 10.0. The van der Waals surface area contributed by atoms with E-state index in [1.54, 1.807) is 6.07 Å². The average molecular weight is 280 g/mol. The van der Waals surface area contributed by atoms with E-state index in [9.17, 15) is 8.78 Å². The van der Waals surface area contributed by atoms with E-state index in [2.05, 4.69) is 15.9 Å². The number of alkyl halides is 2. The highest BCUT2D eigenvalue weighted by atomic mass is 79.9. The van der Waals surface area contributed by atoms with Gasteiger partial charge in [0.15, 0.2) is 0 Å². The molecular weight excluding hydrogens is 268 g/mol. The first-order valence-corrected chi connectivity index (χ1v) is 5.16. The number of hydrogen-bond donors (Lipinski definition) is 1. The molecular formula is C10H12BrF2NO. The SMILES string of the molecule is COc1ccc(Br)cc1C(F)(F)C(C)N. The fraction of sp³-hybridized carbons (Fsp3) is 0.400. The molecule has 0 aliphatic heterocycles. The van der Waals surface area contributed by atoms with Crippen LogP contribution >= 0.6 is 15.9 Å². The number of halogens is 3. The second-order valence-electron chi connectivity index (χ2n) is 3.26. The standard InChI is InChI=1S/C10H12BrF2NO/c1-6(14)10(12,13)8-5-7(11)3-4-9(8)15-2/h3-6H,14H2,1-2H3. The first kappa shape index (κ1) is 12.4. The van der Waals surface area contributed by atoms with Crippen molar-refractivity contribution in [3.8, 4) is 5.75 Å². The summed E-state index contributed by atoms with van der Waals surface area (Å²) in [5.41, 5.74) is 5.06. The minimum atomic E-state index is -3.10. The van der Waals surface area contributed by atoms with Gasteiger partial charge < -0.3 is 10.5 Å². The van der Waals surface area contributed by atoms with Crippen molar-refractivity contribution in [1.82, 2.24) is 0 Å². The number of rotatable bonds is 3. The first-order valence-electron chi connectivity index (χ1n) is 4.37. The third-order valence-corrected chi connectivity index (χ3v) is 2.59. The monoisotopic (exact) mass is 279 g/mol. The molecule has 1 aromatic rings. The average Bonchev–Trinajstić information content (AvgIpc) is 2.17. The molecule has 84 valence electrons. The first-order chi connectivity index (χ1) is 6.89. The lowest BCUT2D eigenvalue weighted by Crippen LogP contribution is -2.36. The Hall–Kier alpha value is -0.680. The van der Waals surface area contributed by atoms with Gasteiger partial charge in [0.25, 0.3) is 5.92 Å². The van der Waals surface area contributed by atoms with Crippen LogP contribution in [0.15, 0.2) is 22.7 Å². The Kier molecular flexibility index (Phi) is 3.67. The summed E-state index contributed by atoms with van der Waals surface area (Å²) in [6.07, 6.45) is 0. The third-order valence-electron chi connectivity index (χ3n) is 2.09. The molecule has 0 fully saturated rings. The van der Waals surface area contributed by atoms with Crippen molar-refractivity contribution < 1.29 is 13.5 Å². The van der Waals surface area contributed by atoms with E-state index in [1.807, 2.05) is 0 Å². The number of methoxy groups -OCH3 is 1. The van der Waals surface area contributed by atoms with Gasteiger partial charge in [-0.2, -0.15) is 8.78 Å². The molecule has 0 aliphatic rings. The smallest absolute Gasteiger partial charge is 0.291 e. The van der Waals surface area contributed by atoms with Crippen LogP contribution in [0.5, 0.6) is 5.75 Å². The van der Waals surface area contributed by atoms with Gasteiger partial charge >= 0.3 is 0 Å². The molecule has 1 atom stereocenters. The highest BCUT2D eigenvalue weighted by molar-refractivity contribution is 9.10. The van der Waals surface area contributed by atoms with Gasteiger partial charge in [-0.1, -0.05) is 15.9 Å². The zero-order valence-corrected chi connectivity index (χ0v) is 10.0. The van der Waals surface area contributed by atoms with E-state index in [4.69, 9.17) is 10.5 Å². The summed E-state index contributed by atoms with van der Waals surface area (Å²) in [5.74, 6) is -2.96. The zero-order chi connectivity index (χ0) is 11.6. The van der Waals surface area contributed by atoms with Gasteiger partial charge in [0.1, 0.15) is 5.75 Å². The van der Waals surface area contributed by atoms with Gasteiger partial charge in [-0.05, 0) is 25.1 Å². The maximum Gasteiger partial charge on any atom is 0.291 e. The summed E-state index contributed by atoms with van der Waals surface area (Å²) in [4.78, 5) is 0. The van der Waals surface area contributed by atoms with Crippen LogP contribution in [-0.2, 0) is 5.92 Å². The molecule has 2 N–H and O–H groups in total. The van der Waals surface area contributed by atoms with Crippen molar-refractivity contribution in [2.45, 2.75) is 18.9 Å². The van der Waals surface area contributed by atoms with E-state index in [0.717, 1.165) is 0 Å². The van der Waals surface area contributed by atoms with Crippen LogP contribution in [-0.4, -0.2) is 13.2 Å². The molecule has 0 amide bonds. The second-order valence-corrected chi connectivity index (χ2v) is 4.17. The largest absolute Gasteiger partial charge is 0.496 e. The zero-order valence-electron chi connectivity index (χ0n) is 8.43. The molecule has 0 spiro atoms. The maximum absolute atomic E-state index is 13.7. The highest BCUT2D eigenvalue weighted by Crippen LogP contribution is 2.38. The van der Waals surface area contributed by atoms with Crippen molar-refractivity contribution in [1.29, 1.82) is 0 Å². The topological polar surface area (TPSA) is 35.2 Å². The molecule has 2 nitrogen and oxygen atoms in total. The quantitative estimate of drug-likeness (QED) is 0.924. The number of ether oxygens (including phenoxy) is 1. The van der Waals surface area contributed by atoms with Crippen LogP contribution in [0.3, 0.4) is 0 Å². The Morgan fingerprint density at radius 2 is 2.07 bits per heavy atom. The van der Waals surface area contributed by atoms with Crippen molar-refractivity contribution in [3.05, 3.63) is 28.2 Å². The second kappa shape index (κ2) is 4.45. The molecule has 0 aliphatic carbocycles. The van der Waals surface area contributed by atoms with E-state index in [-0.39, 0.29) is 11.3 Å². The van der Waals surface area contributed by atoms with Gasteiger partial charge in [-0.25, -0.2) is 0 Å². The molecule has 0 saturated heterocycles. The Labute approximate surface area is 95.5 Å². The molecule has 1 aromatic carbocycles. The molecule has 1 rings (SSSR count). The molecule has 0 aromatic heterocycles. The van der Waals surface area contributed by atoms with E-state index in [1.165, 1.54) is 26.2 Å². The van der Waals surface area contributed by atoms with Gasteiger partial charge in [-0.3, -0.25) is 0 Å². The summed E-state index contributed by atoms with van der Waals surface area (Å²) in [7, 11) is 1.35. The number of hydrogen-bond acceptors (Lipinski definition) is 2. The van der Waals surface area contributed by atoms with Crippen molar-refractivity contribution >= 4 is 15.9 Å². The lowest BCUT2D eigenvalue weighted by molar-refractivity contribution is -0.0276. The minimum Gasteiger partial charge on any atom is -0.496 e. The normalized spacial score (nSPS) is 13.7. The third kappa shape index (κ3) is 2.46. The summed E-state index contributed by atoms with van der Waals surface area (Å²) >= 11 is 3.14. The summed E-state index contributed by atoms with van der Waals surface area (Å²) in [6.45, 7) is 1.26. The minimum absolute atomic E-state index is 0.139. The maximum atomic E-state index is 13.7. The Bertz CT molecular complexity index is 355. The van der Waals surface area contributed by atoms with Crippen LogP contribution in [0.4, 0.5) is 8.78 Å². The summed E-state index contributed by atoms with van der Waals surface area (Å²) in [6, 6.07) is 3.18. The van der Waals surface area contributed by atoms with Crippen LogP contribution in [0.25, 0.3) is 0 Å². The van der Waals surface area contributed by atoms with Crippen LogP contribution < -0.4 is 10.5 Å². The van der Waals surface area contributed by atoms with E-state index < -0.39 is 12.0 Å². The molecule has 1 unspecified atom stereocenters. The fourth-order valence-electron chi connectivity index (χ4n) is 1.19. The van der Waals surface area contributed by atoms with Crippen LogP contribution in [0, 0.1) is 0 Å².